The first-order valence-electron chi connectivity index (χ1n) is 39.1. The van der Waals surface area contributed by atoms with Crippen LogP contribution >= 0.6 is 11.3 Å². The molecule has 38 nitrogen and oxygen atoms in total. The van der Waals surface area contributed by atoms with Crippen LogP contribution in [0, 0.1) is 34.3 Å². The Morgan fingerprint density at radius 2 is 1.08 bits per heavy atom. The van der Waals surface area contributed by atoms with E-state index in [4.69, 9.17) is 24.1 Å². The first-order valence-corrected chi connectivity index (χ1v) is 40.0. The van der Waals surface area contributed by atoms with Gasteiger partial charge in [-0.15, -0.1) is 11.3 Å². The lowest BCUT2D eigenvalue weighted by atomic mass is 9.44. The summed E-state index contributed by atoms with van der Waals surface area (Å²) in [7, 11) is 12.8. The van der Waals surface area contributed by atoms with Crippen molar-refractivity contribution >= 4 is 123 Å². The Balaban J connectivity index is 0.741. The van der Waals surface area contributed by atoms with Crippen molar-refractivity contribution in [2.45, 2.75) is 121 Å². The highest BCUT2D eigenvalue weighted by molar-refractivity contribution is 7.10. The van der Waals surface area contributed by atoms with Gasteiger partial charge in [0, 0.05) is 118 Å². The van der Waals surface area contributed by atoms with Crippen molar-refractivity contribution in [3.05, 3.63) is 81.6 Å². The zero-order valence-electron chi connectivity index (χ0n) is 70.4. The number of aliphatic hydroxyl groups is 1. The molecule has 0 unspecified atom stereocenters. The molecule has 3 heterocycles. The Labute approximate surface area is 705 Å². The second kappa shape index (κ2) is 40.1. The van der Waals surface area contributed by atoms with Gasteiger partial charge in [-0.2, -0.15) is 0 Å². The molecule has 42 heteroatoms. The van der Waals surface area contributed by atoms with Gasteiger partial charge >= 0.3 is 5.97 Å². The number of ketones is 2. The third-order valence-corrected chi connectivity index (χ3v) is 24.2. The number of fused-ring (bicyclic) bond motifs is 7. The fraction of sp³-hybridized carbons (Fsp3) is 0.575. The predicted molar refractivity (Wildman–Crippen MR) is 424 cm³/mol. The summed E-state index contributed by atoms with van der Waals surface area (Å²) in [6.07, 6.45) is 1.57. The molecule has 1 aromatic heterocycles. The van der Waals surface area contributed by atoms with Crippen LogP contribution in [0.25, 0.3) is 0 Å². The average Bonchev–Trinajstić information content (AvgIpc) is 1.45. The van der Waals surface area contributed by atoms with Gasteiger partial charge in [-0.25, -0.2) is 18.1 Å². The summed E-state index contributed by atoms with van der Waals surface area (Å²) in [5.74, 6) is -16.2. The van der Waals surface area contributed by atoms with Gasteiger partial charge in [0.1, 0.15) is 49.4 Å². The van der Waals surface area contributed by atoms with Crippen molar-refractivity contribution in [2.75, 3.05) is 161 Å². The van der Waals surface area contributed by atoms with Gasteiger partial charge in [-0.1, -0.05) is 18.6 Å². The van der Waals surface area contributed by atoms with E-state index in [0.717, 1.165) is 84.6 Å². The zero-order chi connectivity index (χ0) is 90.7. The lowest BCUT2D eigenvalue weighted by molar-refractivity contribution is -0.231. The van der Waals surface area contributed by atoms with Crippen molar-refractivity contribution in [1.29, 1.82) is 0 Å². The van der Waals surface area contributed by atoms with Crippen molar-refractivity contribution < 1.29 is 129 Å². The number of carbonyl (C=O) groups is 18. The predicted octanol–water partition coefficient (Wildman–Crippen LogP) is -1.28. The molecule has 1 aromatic carbocycles. The highest BCUT2D eigenvalue weighted by Crippen LogP contribution is 2.72. The number of alkyl halides is 1. The number of aliphatic carboxylic acids is 1. The number of halogens is 3. The first kappa shape index (κ1) is 96.1. The Hall–Kier alpha value is -11.4. The number of rotatable bonds is 39. The number of anilines is 1. The topological polar surface area (TPSA) is 456 Å². The standard InChI is InChI=1S/C80H105F3N14O24S/c1-45(74(116)84-44-118-43-57(100)80-58(120-76(121-80)73-52(81)24-27-122-73)30-51-50-19-18-48-29-49(98)23-25-77(48,3)79(50,83)56(99)32-78(51,80)4)86-75(117)46(2)85-59(101)20-17-47-28-53(82)54(97-61(103)21-22-62(97)104)31-55(47)119-26-15-16-60(102)87(5)33-63(105)88(6)34-64(106)89(7)35-65(107)90(8)36-66(108)91(9)37-67(109)92(10)38-68(110)93(11)39-69(111)94(12)40-70(112)95(13)41-71(113)96(14)42-72(114)115/h21-25,27-29,31,45-46,50-51,56,58,76,99H,15-20,26,30,32-44H2,1-14H3,(H,84,116)(H,85,101)(H,86,117)(H,114,115)/t45-,46-,50-,51-,56-,58+,76+,77-,78-,79-,80+/m0/s1. The van der Waals surface area contributed by atoms with Crippen LogP contribution < -0.4 is 25.6 Å². The number of amides is 15. The summed E-state index contributed by atoms with van der Waals surface area (Å²) < 4.78 is 73.7. The number of carbonyl (C=O) groups excluding carboxylic acids is 17. The molecule has 0 spiro atoms. The van der Waals surface area contributed by atoms with E-state index in [1.54, 1.807) is 13.8 Å². The van der Waals surface area contributed by atoms with Gasteiger partial charge in [0.15, 0.2) is 29.1 Å². The number of benzene rings is 1. The highest BCUT2D eigenvalue weighted by atomic mass is 32.1. The quantitative estimate of drug-likeness (QED) is 0.0296. The molecule has 1 saturated heterocycles. The zero-order valence-corrected chi connectivity index (χ0v) is 71.2. The number of hydrogen-bond donors (Lipinski definition) is 5. The number of nitrogens with zero attached hydrogens (tertiary/aromatic N) is 11. The molecule has 6 aliphatic rings. The molecule has 0 bridgehead atoms. The summed E-state index contributed by atoms with van der Waals surface area (Å²) in [4.78, 5) is 245. The van der Waals surface area contributed by atoms with Gasteiger partial charge in [0.05, 0.1) is 88.3 Å². The molecular formula is C80H105F3N14O24S. The van der Waals surface area contributed by atoms with Crippen LogP contribution in [0.5, 0.6) is 5.75 Å². The molecule has 0 radical (unpaired) electrons. The molecule has 4 fully saturated rings. The molecule has 3 saturated carbocycles. The molecule has 666 valence electrons. The monoisotopic (exact) mass is 1730 g/mol. The van der Waals surface area contributed by atoms with E-state index in [0.29, 0.717) is 16.9 Å². The number of carboxylic acid groups (broad SMARTS) is 1. The third kappa shape index (κ3) is 21.6. The SMILES string of the molecule is C[C@H](NC(=O)CCc1cc(F)c(N2C(=O)C=CC2=O)cc1OCCCC(=O)N(C)CC(=O)N(C)CC(=O)N(C)CC(=O)N(C)CC(=O)N(C)CC(=O)N(C)CC(=O)N(C)CC(=O)N(C)CC(=O)N(C)CC(=O)N(C)CC(=O)O)C(=O)N[C@@H](C)C(=O)NCOCC(=O)[C@@]12O[C@H](c3sccc3F)O[C@@H]1C[C@H]1[C@@H]3CCC4=CC(=O)C=C[C@]4(C)[C@@]3(F)[C@@H](O)C[C@@]12C. The van der Waals surface area contributed by atoms with Crippen molar-refractivity contribution in [1.82, 2.24) is 64.9 Å². The summed E-state index contributed by atoms with van der Waals surface area (Å²) in [5.41, 5.74) is -6.63. The number of Topliss-reactive ketones (excluding diaryl/α,β-unsaturated/α-hetero) is 1. The Morgan fingerprint density at radius 3 is 1.55 bits per heavy atom. The van der Waals surface area contributed by atoms with Crippen LogP contribution in [0.2, 0.25) is 0 Å². The normalized spacial score (nSPS) is 22.6. The van der Waals surface area contributed by atoms with E-state index < -0.39 is 267 Å². The van der Waals surface area contributed by atoms with Crippen LogP contribution in [-0.2, 0) is 107 Å². The Bertz CT molecular complexity index is 4560. The minimum Gasteiger partial charge on any atom is -0.493 e. The van der Waals surface area contributed by atoms with Crippen molar-refractivity contribution in [3.63, 3.8) is 0 Å². The van der Waals surface area contributed by atoms with Gasteiger partial charge < -0.3 is 94.1 Å². The van der Waals surface area contributed by atoms with E-state index in [2.05, 4.69) is 16.0 Å². The maximum atomic E-state index is 18.1. The van der Waals surface area contributed by atoms with Crippen LogP contribution in [0.15, 0.2) is 59.5 Å². The summed E-state index contributed by atoms with van der Waals surface area (Å²) in [5, 5.41) is 29.9. The van der Waals surface area contributed by atoms with Gasteiger partial charge in [0.25, 0.3) is 11.8 Å². The molecule has 11 atom stereocenters. The minimum atomic E-state index is -2.25. The Morgan fingerprint density at radius 1 is 0.615 bits per heavy atom. The molecule has 4 aliphatic carbocycles. The van der Waals surface area contributed by atoms with E-state index >= 15 is 13.2 Å². The number of carboxylic acids is 1. The van der Waals surface area contributed by atoms with Crippen LogP contribution in [0.1, 0.15) is 89.4 Å². The molecule has 2 aliphatic heterocycles. The number of aryl methyl sites for hydroxylation is 1. The second-order valence-corrected chi connectivity index (χ2v) is 33.0. The molecule has 8 rings (SSSR count). The van der Waals surface area contributed by atoms with E-state index in [1.807, 2.05) is 0 Å². The van der Waals surface area contributed by atoms with Gasteiger partial charge in [-0.3, -0.25) is 86.3 Å². The number of likely N-dealkylation sites (N-methyl/N-ethyl adjacent to an activating group) is 10. The molecule has 122 heavy (non-hydrogen) atoms. The third-order valence-electron chi connectivity index (χ3n) is 23.3. The molecular weight excluding hydrogens is 1630 g/mol. The van der Waals surface area contributed by atoms with Crippen molar-refractivity contribution in [3.8, 4) is 5.75 Å². The fourth-order valence-corrected chi connectivity index (χ4v) is 16.6. The van der Waals surface area contributed by atoms with Gasteiger partial charge in [-0.05, 0) is 100 Å². The first-order chi connectivity index (χ1) is 57.1. The number of ether oxygens (including phenoxy) is 4. The summed E-state index contributed by atoms with van der Waals surface area (Å²) in [6, 6.07) is 0.717. The van der Waals surface area contributed by atoms with Crippen LogP contribution in [-0.4, -0.2) is 357 Å². The Kier molecular flexibility index (Phi) is 31.6. The molecule has 2 aromatic rings. The smallest absolute Gasteiger partial charge is 0.323 e. The second-order valence-electron chi connectivity index (χ2n) is 32.0. The summed E-state index contributed by atoms with van der Waals surface area (Å²) >= 11 is 1.01. The van der Waals surface area contributed by atoms with E-state index in [9.17, 15) is 91.4 Å². The highest BCUT2D eigenvalue weighted by Gasteiger charge is 2.79. The van der Waals surface area contributed by atoms with Crippen LogP contribution in [0.4, 0.5) is 18.9 Å². The number of nitrogens with one attached hydrogen (secondary N) is 3. The number of aliphatic hydroxyl groups excluding tert-OH is 1. The van der Waals surface area contributed by atoms with Gasteiger partial charge in [0.2, 0.25) is 76.8 Å². The number of hydrogen-bond acceptors (Lipinski definition) is 24. The van der Waals surface area contributed by atoms with E-state index in [-0.39, 0.29) is 67.1 Å². The number of thiophene rings is 1. The lowest BCUT2D eigenvalue weighted by Crippen LogP contribution is -2.69. The average molecular weight is 1740 g/mol. The largest absolute Gasteiger partial charge is 0.493 e. The number of imide groups is 1. The van der Waals surface area contributed by atoms with E-state index in [1.165, 1.54) is 114 Å². The lowest BCUT2D eigenvalue weighted by Gasteiger charge is -2.62. The maximum absolute atomic E-state index is 18.1. The number of allylic oxidation sites excluding steroid dienone is 4. The van der Waals surface area contributed by atoms with Crippen LogP contribution in [0.3, 0.4) is 0 Å². The minimum absolute atomic E-state index is 0.0245. The molecule has 15 amide bonds. The fourth-order valence-electron chi connectivity index (χ4n) is 15.9. The van der Waals surface area contributed by atoms with Crippen molar-refractivity contribution in [2.24, 2.45) is 22.7 Å². The maximum Gasteiger partial charge on any atom is 0.323 e. The summed E-state index contributed by atoms with van der Waals surface area (Å²) in [6.45, 7) is -0.706. The molecule has 5 N–H and O–H groups in total.